The summed E-state index contributed by atoms with van der Waals surface area (Å²) in [7, 11) is 0. The van der Waals surface area contributed by atoms with Crippen molar-refractivity contribution in [1.82, 2.24) is 30.2 Å². The number of pyridine rings is 1. The van der Waals surface area contributed by atoms with Crippen molar-refractivity contribution in [1.29, 1.82) is 0 Å². The maximum absolute atomic E-state index is 11.8. The molecule has 4 aromatic rings. The molecule has 0 spiro atoms. The van der Waals surface area contributed by atoms with E-state index in [-0.39, 0.29) is 13.5 Å². The molecule has 3 aromatic heterocycles. The average molecular weight is 375 g/mol. The van der Waals surface area contributed by atoms with E-state index in [0.29, 0.717) is 23.7 Å². The third-order valence-electron chi connectivity index (χ3n) is 3.99. The van der Waals surface area contributed by atoms with E-state index >= 15 is 0 Å². The number of anilines is 1. The minimum absolute atomic E-state index is 0. The summed E-state index contributed by atoms with van der Waals surface area (Å²) >= 11 is 0. The van der Waals surface area contributed by atoms with Gasteiger partial charge in [-0.15, -0.1) is 0 Å². The van der Waals surface area contributed by atoms with Gasteiger partial charge in [-0.2, -0.15) is 0 Å². The van der Waals surface area contributed by atoms with Crippen molar-refractivity contribution in [2.24, 2.45) is 0 Å². The standard InChI is InChI=1S/C19H17N7O.CH4/c1-2-22-19(27)26-18-24-15-9-13(12-4-3-5-20-10-12)8-14(17(15)25-18)16-11-21-6-7-23-16;/h3-11H,2H2,1H3,(H3,22,24,25,26,27);1H4. The fourth-order valence-electron chi connectivity index (χ4n) is 2.82. The van der Waals surface area contributed by atoms with Gasteiger partial charge in [0.05, 0.1) is 17.4 Å². The van der Waals surface area contributed by atoms with Crippen molar-refractivity contribution < 1.29 is 4.79 Å². The van der Waals surface area contributed by atoms with Crippen LogP contribution in [0.4, 0.5) is 10.7 Å². The van der Waals surface area contributed by atoms with Gasteiger partial charge in [0, 0.05) is 42.5 Å². The topological polar surface area (TPSA) is 108 Å². The third kappa shape index (κ3) is 3.80. The molecule has 1 aromatic carbocycles. The summed E-state index contributed by atoms with van der Waals surface area (Å²) in [4.78, 5) is 32.3. The molecule has 0 aliphatic rings. The number of fused-ring (bicyclic) bond motifs is 1. The van der Waals surface area contributed by atoms with Crippen LogP contribution in [0.3, 0.4) is 0 Å². The molecule has 2 amide bonds. The van der Waals surface area contributed by atoms with Crippen LogP contribution in [0.15, 0.2) is 55.2 Å². The van der Waals surface area contributed by atoms with Crippen molar-refractivity contribution in [2.75, 3.05) is 11.9 Å². The normalized spacial score (nSPS) is 10.3. The smallest absolute Gasteiger partial charge is 0.321 e. The molecule has 0 radical (unpaired) electrons. The van der Waals surface area contributed by atoms with E-state index in [1.807, 2.05) is 31.2 Å². The maximum Gasteiger partial charge on any atom is 0.321 e. The number of H-pyrrole nitrogens is 1. The van der Waals surface area contributed by atoms with Crippen molar-refractivity contribution >= 4 is 23.0 Å². The van der Waals surface area contributed by atoms with Gasteiger partial charge in [0.1, 0.15) is 5.52 Å². The summed E-state index contributed by atoms with van der Waals surface area (Å²) in [6, 6.07) is 7.53. The highest BCUT2D eigenvalue weighted by molar-refractivity contribution is 5.97. The first-order valence-corrected chi connectivity index (χ1v) is 8.50. The van der Waals surface area contributed by atoms with Crippen LogP contribution < -0.4 is 10.6 Å². The predicted molar refractivity (Wildman–Crippen MR) is 110 cm³/mol. The highest BCUT2D eigenvalue weighted by atomic mass is 16.2. The van der Waals surface area contributed by atoms with Gasteiger partial charge in [-0.25, -0.2) is 9.78 Å². The summed E-state index contributed by atoms with van der Waals surface area (Å²) in [5.41, 5.74) is 4.93. The fourth-order valence-corrected chi connectivity index (χ4v) is 2.82. The molecule has 0 bridgehead atoms. The Balaban J connectivity index is 0.00000225. The number of aromatic nitrogens is 5. The lowest BCUT2D eigenvalue weighted by Crippen LogP contribution is -2.28. The molecular formula is C20H21N7O. The largest absolute Gasteiger partial charge is 0.338 e. The van der Waals surface area contributed by atoms with Gasteiger partial charge in [-0.1, -0.05) is 13.5 Å². The van der Waals surface area contributed by atoms with Crippen LogP contribution >= 0.6 is 0 Å². The number of nitrogens with one attached hydrogen (secondary N) is 3. The van der Waals surface area contributed by atoms with E-state index < -0.39 is 0 Å². The summed E-state index contributed by atoms with van der Waals surface area (Å²) in [6.07, 6.45) is 8.48. The van der Waals surface area contributed by atoms with Gasteiger partial charge in [0.25, 0.3) is 0 Å². The van der Waals surface area contributed by atoms with E-state index in [9.17, 15) is 4.79 Å². The summed E-state index contributed by atoms with van der Waals surface area (Å²) < 4.78 is 0. The zero-order valence-electron chi connectivity index (χ0n) is 14.6. The number of hydrogen-bond acceptors (Lipinski definition) is 5. The van der Waals surface area contributed by atoms with Crippen molar-refractivity contribution in [3.8, 4) is 22.4 Å². The molecule has 0 fully saturated rings. The Morgan fingerprint density at radius 2 is 1.96 bits per heavy atom. The molecule has 4 rings (SSSR count). The Hall–Kier alpha value is -3.81. The Bertz CT molecular complexity index is 1080. The van der Waals surface area contributed by atoms with E-state index in [2.05, 4.69) is 35.6 Å². The average Bonchev–Trinajstić information content (AvgIpc) is 3.11. The maximum atomic E-state index is 11.8. The molecule has 8 heteroatoms. The Kier molecular flexibility index (Phi) is 5.59. The molecule has 0 unspecified atom stereocenters. The van der Waals surface area contributed by atoms with Gasteiger partial charge >= 0.3 is 6.03 Å². The van der Waals surface area contributed by atoms with Crippen molar-refractivity contribution in [3.05, 3.63) is 55.2 Å². The van der Waals surface area contributed by atoms with E-state index in [1.165, 1.54) is 0 Å². The number of amides is 2. The number of rotatable bonds is 4. The fraction of sp³-hybridized carbons (Fsp3) is 0.150. The molecule has 0 atom stereocenters. The summed E-state index contributed by atoms with van der Waals surface area (Å²) in [5.74, 6) is 0.365. The molecule has 142 valence electrons. The lowest BCUT2D eigenvalue weighted by atomic mass is 10.0. The minimum atomic E-state index is -0.315. The van der Waals surface area contributed by atoms with Gasteiger partial charge in [0.15, 0.2) is 0 Å². The number of aromatic amines is 1. The first kappa shape index (κ1) is 19.0. The zero-order chi connectivity index (χ0) is 18.6. The molecule has 28 heavy (non-hydrogen) atoms. The number of carbonyl (C=O) groups is 1. The molecule has 0 aliphatic heterocycles. The van der Waals surface area contributed by atoms with E-state index in [4.69, 9.17) is 0 Å². The number of nitrogens with zero attached hydrogens (tertiary/aromatic N) is 4. The van der Waals surface area contributed by atoms with Gasteiger partial charge in [0.2, 0.25) is 5.95 Å². The van der Waals surface area contributed by atoms with Crippen LogP contribution in [-0.4, -0.2) is 37.5 Å². The SMILES string of the molecule is C.CCNC(=O)Nc1nc2c(-c3cnccn3)cc(-c3cccnc3)cc2[nH]1. The van der Waals surface area contributed by atoms with Crippen molar-refractivity contribution in [3.63, 3.8) is 0 Å². The second-order valence-corrected chi connectivity index (χ2v) is 5.82. The Morgan fingerprint density at radius 1 is 1.11 bits per heavy atom. The zero-order valence-corrected chi connectivity index (χ0v) is 14.6. The second-order valence-electron chi connectivity index (χ2n) is 5.82. The van der Waals surface area contributed by atoms with Crippen LogP contribution in [-0.2, 0) is 0 Å². The van der Waals surface area contributed by atoms with Crippen LogP contribution in [0.5, 0.6) is 0 Å². The number of urea groups is 1. The molecule has 0 saturated carbocycles. The highest BCUT2D eigenvalue weighted by Crippen LogP contribution is 2.32. The minimum Gasteiger partial charge on any atom is -0.338 e. The van der Waals surface area contributed by atoms with Gasteiger partial charge in [-0.3, -0.25) is 20.3 Å². The third-order valence-corrected chi connectivity index (χ3v) is 3.99. The number of hydrogen-bond donors (Lipinski definition) is 3. The predicted octanol–water partition coefficient (Wildman–Crippen LogP) is 3.86. The second kappa shape index (κ2) is 8.26. The molecule has 3 heterocycles. The van der Waals surface area contributed by atoms with Gasteiger partial charge < -0.3 is 10.3 Å². The molecule has 0 aliphatic carbocycles. The highest BCUT2D eigenvalue weighted by Gasteiger charge is 2.14. The molecule has 3 N–H and O–H groups in total. The summed E-state index contributed by atoms with van der Waals surface area (Å²) in [5, 5.41) is 5.39. The quantitative estimate of drug-likeness (QED) is 0.502. The van der Waals surface area contributed by atoms with Gasteiger partial charge in [-0.05, 0) is 30.7 Å². The monoisotopic (exact) mass is 375 g/mol. The lowest BCUT2D eigenvalue weighted by molar-refractivity contribution is 0.252. The Labute approximate surface area is 162 Å². The van der Waals surface area contributed by atoms with Crippen LogP contribution in [0.1, 0.15) is 14.4 Å². The van der Waals surface area contributed by atoms with E-state index in [1.54, 1.807) is 31.0 Å². The summed E-state index contributed by atoms with van der Waals surface area (Å²) in [6.45, 7) is 2.38. The van der Waals surface area contributed by atoms with E-state index in [0.717, 1.165) is 22.2 Å². The number of carbonyl (C=O) groups excluding carboxylic acids is 1. The molecule has 0 saturated heterocycles. The number of benzene rings is 1. The number of imidazole rings is 1. The van der Waals surface area contributed by atoms with Crippen molar-refractivity contribution in [2.45, 2.75) is 14.4 Å². The molecular weight excluding hydrogens is 354 g/mol. The van der Waals surface area contributed by atoms with Crippen LogP contribution in [0, 0.1) is 0 Å². The first-order valence-electron chi connectivity index (χ1n) is 8.50. The first-order chi connectivity index (χ1) is 13.2. The van der Waals surface area contributed by atoms with Crippen LogP contribution in [0.25, 0.3) is 33.4 Å². The Morgan fingerprint density at radius 3 is 2.68 bits per heavy atom. The molecule has 8 nitrogen and oxygen atoms in total. The lowest BCUT2D eigenvalue weighted by Gasteiger charge is -2.06. The van der Waals surface area contributed by atoms with Crippen LogP contribution in [0.2, 0.25) is 0 Å².